The molecule has 2 rings (SSSR count). The molecule has 7 heteroatoms. The van der Waals surface area contributed by atoms with Crippen molar-refractivity contribution in [1.82, 2.24) is 5.16 Å². The first kappa shape index (κ1) is 19.4. The van der Waals surface area contributed by atoms with Gasteiger partial charge in [-0.3, -0.25) is 10.1 Å². The molecule has 0 saturated heterocycles. The Balaban J connectivity index is 2.06. The number of nitrogens with zero attached hydrogens (tertiary/aromatic N) is 1. The number of benzene rings is 1. The normalized spacial score (nSPS) is 12.3. The number of nitrogens with one attached hydrogen (secondary N) is 1. The Morgan fingerprint density at radius 1 is 1.20 bits per heavy atom. The Hall–Kier alpha value is -1.89. The first-order chi connectivity index (χ1) is 11.5. The van der Waals surface area contributed by atoms with Crippen molar-refractivity contribution in [2.45, 2.75) is 50.7 Å². The van der Waals surface area contributed by atoms with Crippen LogP contribution in [0.1, 0.15) is 40.3 Å². The highest BCUT2D eigenvalue weighted by Gasteiger charge is 2.31. The van der Waals surface area contributed by atoms with Gasteiger partial charge in [-0.2, -0.15) is 0 Å². The molecular weight excluding hydrogens is 346 g/mol. The van der Waals surface area contributed by atoms with Crippen LogP contribution in [-0.4, -0.2) is 15.8 Å². The van der Waals surface area contributed by atoms with E-state index in [0.717, 1.165) is 29.6 Å². The average Bonchev–Trinajstić information content (AvgIpc) is 2.86. The summed E-state index contributed by atoms with van der Waals surface area (Å²) in [6, 6.07) is 4.96. The number of carbonyl (C=O) groups is 1. The molecule has 1 aromatic heterocycles. The van der Waals surface area contributed by atoms with Gasteiger partial charge in [0.25, 0.3) is 0 Å². The van der Waals surface area contributed by atoms with Gasteiger partial charge in [0.1, 0.15) is 11.6 Å². The monoisotopic (exact) mass is 368 g/mol. The highest BCUT2D eigenvalue weighted by molar-refractivity contribution is 8.01. The summed E-state index contributed by atoms with van der Waals surface area (Å²) in [4.78, 5) is 12.7. The zero-order valence-corrected chi connectivity index (χ0v) is 15.8. The van der Waals surface area contributed by atoms with Crippen LogP contribution in [0.25, 0.3) is 0 Å². The number of anilines is 1. The number of aromatic nitrogens is 1. The van der Waals surface area contributed by atoms with E-state index in [2.05, 4.69) is 31.2 Å². The van der Waals surface area contributed by atoms with Crippen LogP contribution < -0.4 is 5.32 Å². The van der Waals surface area contributed by atoms with Crippen molar-refractivity contribution in [3.63, 3.8) is 0 Å². The number of thioether (sulfide) groups is 1. The standard InChI is InChI=1S/C18H22F2N2O2S/c1-17(2,3)10-12-9-15(24-22-12)21-16(23)18(4,5)25-14-7-6-11(19)8-13(14)20/h6-9H,10H2,1-5H3,(H,21,23). The topological polar surface area (TPSA) is 55.1 Å². The van der Waals surface area contributed by atoms with Gasteiger partial charge in [-0.1, -0.05) is 25.9 Å². The second-order valence-corrected chi connectivity index (χ2v) is 9.23. The van der Waals surface area contributed by atoms with E-state index >= 15 is 0 Å². The van der Waals surface area contributed by atoms with Crippen LogP contribution in [0.5, 0.6) is 0 Å². The first-order valence-corrected chi connectivity index (χ1v) is 8.69. The predicted octanol–water partition coefficient (Wildman–Crippen LogP) is 5.05. The highest BCUT2D eigenvalue weighted by Crippen LogP contribution is 2.35. The minimum Gasteiger partial charge on any atom is -0.338 e. The molecule has 2 aromatic rings. The summed E-state index contributed by atoms with van der Waals surface area (Å²) in [5.74, 6) is -1.47. The molecule has 0 aliphatic heterocycles. The van der Waals surface area contributed by atoms with E-state index in [-0.39, 0.29) is 22.1 Å². The van der Waals surface area contributed by atoms with Gasteiger partial charge in [-0.25, -0.2) is 8.78 Å². The van der Waals surface area contributed by atoms with E-state index in [1.165, 1.54) is 6.07 Å². The number of carbonyl (C=O) groups excluding carboxylic acids is 1. The predicted molar refractivity (Wildman–Crippen MR) is 94.6 cm³/mol. The molecule has 0 spiro atoms. The second kappa shape index (κ2) is 7.15. The van der Waals surface area contributed by atoms with Gasteiger partial charge in [-0.05, 0) is 37.8 Å². The van der Waals surface area contributed by atoms with Gasteiger partial charge in [0.15, 0.2) is 0 Å². The van der Waals surface area contributed by atoms with E-state index in [1.54, 1.807) is 19.9 Å². The summed E-state index contributed by atoms with van der Waals surface area (Å²) in [7, 11) is 0. The molecule has 1 N–H and O–H groups in total. The smallest absolute Gasteiger partial charge is 0.242 e. The molecule has 0 unspecified atom stereocenters. The zero-order valence-electron chi connectivity index (χ0n) is 14.9. The molecule has 136 valence electrons. The molecule has 0 aliphatic carbocycles. The number of halogens is 2. The van der Waals surface area contributed by atoms with Crippen molar-refractivity contribution in [2.75, 3.05) is 5.32 Å². The fourth-order valence-electron chi connectivity index (χ4n) is 2.14. The molecule has 0 atom stereocenters. The van der Waals surface area contributed by atoms with E-state index in [9.17, 15) is 13.6 Å². The van der Waals surface area contributed by atoms with E-state index in [1.807, 2.05) is 0 Å². The summed E-state index contributed by atoms with van der Waals surface area (Å²) in [6.07, 6.45) is 0.714. The molecule has 0 radical (unpaired) electrons. The van der Waals surface area contributed by atoms with Crippen LogP contribution in [-0.2, 0) is 11.2 Å². The number of hydrogen-bond acceptors (Lipinski definition) is 4. The molecule has 4 nitrogen and oxygen atoms in total. The van der Waals surface area contributed by atoms with Gasteiger partial charge >= 0.3 is 0 Å². The van der Waals surface area contributed by atoms with Gasteiger partial charge < -0.3 is 4.52 Å². The quantitative estimate of drug-likeness (QED) is 0.750. The molecule has 0 bridgehead atoms. The molecule has 1 heterocycles. The molecule has 0 saturated carbocycles. The summed E-state index contributed by atoms with van der Waals surface area (Å²) in [6.45, 7) is 9.55. The first-order valence-electron chi connectivity index (χ1n) is 7.87. The Morgan fingerprint density at radius 2 is 1.88 bits per heavy atom. The van der Waals surface area contributed by atoms with Crippen LogP contribution in [0, 0.1) is 17.0 Å². The number of hydrogen-bond donors (Lipinski definition) is 1. The van der Waals surface area contributed by atoms with Crippen molar-refractivity contribution in [1.29, 1.82) is 0 Å². The van der Waals surface area contributed by atoms with Crippen molar-refractivity contribution in [3.05, 3.63) is 41.6 Å². The third kappa shape index (κ3) is 5.56. The van der Waals surface area contributed by atoms with Crippen LogP contribution in [0.15, 0.2) is 33.7 Å². The van der Waals surface area contributed by atoms with Gasteiger partial charge in [0, 0.05) is 17.0 Å². The molecular formula is C18H22F2N2O2S. The Labute approximate surface area is 150 Å². The fourth-order valence-corrected chi connectivity index (χ4v) is 3.13. The minimum absolute atomic E-state index is 0.0490. The largest absolute Gasteiger partial charge is 0.338 e. The third-order valence-corrected chi connectivity index (χ3v) is 4.56. The van der Waals surface area contributed by atoms with Gasteiger partial charge in [0.05, 0.1) is 10.4 Å². The summed E-state index contributed by atoms with van der Waals surface area (Å²) in [5.41, 5.74) is 0.797. The molecule has 1 aromatic carbocycles. The Morgan fingerprint density at radius 3 is 2.48 bits per heavy atom. The maximum atomic E-state index is 13.8. The zero-order chi connectivity index (χ0) is 18.8. The Kier molecular flexibility index (Phi) is 5.56. The summed E-state index contributed by atoms with van der Waals surface area (Å²) in [5, 5.41) is 6.60. The van der Waals surface area contributed by atoms with Gasteiger partial charge in [0.2, 0.25) is 11.8 Å². The lowest BCUT2D eigenvalue weighted by Crippen LogP contribution is -2.33. The van der Waals surface area contributed by atoms with Crippen molar-refractivity contribution in [3.8, 4) is 0 Å². The maximum absolute atomic E-state index is 13.8. The molecule has 0 fully saturated rings. The average molecular weight is 368 g/mol. The third-order valence-electron chi connectivity index (χ3n) is 3.31. The second-order valence-electron chi connectivity index (χ2n) is 7.56. The molecule has 25 heavy (non-hydrogen) atoms. The van der Waals surface area contributed by atoms with Crippen LogP contribution in [0.4, 0.5) is 14.7 Å². The summed E-state index contributed by atoms with van der Waals surface area (Å²) >= 11 is 1.01. The maximum Gasteiger partial charge on any atom is 0.242 e. The summed E-state index contributed by atoms with van der Waals surface area (Å²) < 4.78 is 31.0. The van der Waals surface area contributed by atoms with E-state index in [4.69, 9.17) is 4.52 Å². The Bertz CT molecular complexity index is 767. The fraction of sp³-hybridized carbons (Fsp3) is 0.444. The SMILES string of the molecule is CC(C)(C)Cc1cc(NC(=O)C(C)(C)Sc2ccc(F)cc2F)on1. The number of rotatable bonds is 5. The van der Waals surface area contributed by atoms with Crippen LogP contribution in [0.3, 0.4) is 0 Å². The van der Waals surface area contributed by atoms with Gasteiger partial charge in [-0.15, -0.1) is 11.8 Å². The van der Waals surface area contributed by atoms with E-state index in [0.29, 0.717) is 6.42 Å². The van der Waals surface area contributed by atoms with Crippen LogP contribution in [0.2, 0.25) is 0 Å². The minimum atomic E-state index is -0.990. The van der Waals surface area contributed by atoms with Crippen molar-refractivity contribution in [2.24, 2.45) is 5.41 Å². The van der Waals surface area contributed by atoms with E-state index < -0.39 is 16.4 Å². The lowest BCUT2D eigenvalue weighted by atomic mass is 9.91. The molecule has 0 aliphatic rings. The van der Waals surface area contributed by atoms with Crippen molar-refractivity contribution >= 4 is 23.6 Å². The number of amides is 1. The highest BCUT2D eigenvalue weighted by atomic mass is 32.2. The lowest BCUT2D eigenvalue weighted by molar-refractivity contribution is -0.117. The molecule has 1 amide bonds. The van der Waals surface area contributed by atoms with Crippen LogP contribution >= 0.6 is 11.8 Å². The lowest BCUT2D eigenvalue weighted by Gasteiger charge is -2.22. The van der Waals surface area contributed by atoms with Crippen molar-refractivity contribution < 1.29 is 18.1 Å².